The van der Waals surface area contributed by atoms with E-state index in [9.17, 15) is 0 Å². The predicted octanol–water partition coefficient (Wildman–Crippen LogP) is 0.927. The molecule has 0 bridgehead atoms. The fourth-order valence-electron chi connectivity index (χ4n) is 0.234. The molecule has 1 N–H and O–H groups in total. The summed E-state index contributed by atoms with van der Waals surface area (Å²) in [5.74, 6) is 0. The van der Waals surface area contributed by atoms with Crippen LogP contribution in [0.3, 0.4) is 0 Å². The summed E-state index contributed by atoms with van der Waals surface area (Å²) in [4.78, 5) is 3.79. The highest BCUT2D eigenvalue weighted by atomic mass is 16.4. The van der Waals surface area contributed by atoms with Crippen LogP contribution in [0.1, 0.15) is 13.8 Å². The van der Waals surface area contributed by atoms with Crippen LogP contribution in [0.25, 0.3) is 0 Å². The minimum absolute atomic E-state index is 0.563. The molecule has 0 aliphatic carbocycles. The van der Waals surface area contributed by atoms with Crippen LogP contribution in [0.4, 0.5) is 0 Å². The van der Waals surface area contributed by atoms with Gasteiger partial charge in [-0.3, -0.25) is 4.99 Å². The molecule has 0 rings (SSSR count). The zero-order valence-electron chi connectivity index (χ0n) is 5.34. The van der Waals surface area contributed by atoms with Gasteiger partial charge in [0.15, 0.2) is 0 Å². The molecule has 0 aromatic rings. The molecule has 0 amide bonds. The third-order valence-corrected chi connectivity index (χ3v) is 1.01. The number of hydrogen-bond donors (Lipinski definition) is 1. The van der Waals surface area contributed by atoms with Crippen LogP contribution in [0.15, 0.2) is 10.1 Å². The molecule has 0 saturated heterocycles. The number of oxime groups is 1. The molecule has 0 aromatic heterocycles. The molecule has 0 aromatic carbocycles. The minimum atomic E-state index is 0.563. The number of aliphatic imine (C=N–C) groups is 1. The Morgan fingerprint density at radius 1 is 1.25 bits per heavy atom. The first-order valence-electron chi connectivity index (χ1n) is 2.34. The van der Waals surface area contributed by atoms with Crippen LogP contribution in [-0.2, 0) is 0 Å². The first-order valence-corrected chi connectivity index (χ1v) is 2.34. The number of rotatable bonds is 1. The Labute approximate surface area is 48.7 Å². The average molecular weight is 114 g/mol. The van der Waals surface area contributed by atoms with Gasteiger partial charge in [-0.05, 0) is 13.8 Å². The predicted molar refractivity (Wildman–Crippen MR) is 33.9 cm³/mol. The van der Waals surface area contributed by atoms with Crippen molar-refractivity contribution in [3.05, 3.63) is 0 Å². The first kappa shape index (κ1) is 7.14. The van der Waals surface area contributed by atoms with E-state index >= 15 is 0 Å². The van der Waals surface area contributed by atoms with Crippen LogP contribution in [0, 0.1) is 0 Å². The Morgan fingerprint density at radius 3 is 1.88 bits per heavy atom. The highest BCUT2D eigenvalue weighted by Gasteiger charge is 1.91. The molecular formula is C5H10N2O. The first-order chi connectivity index (χ1) is 3.72. The molecule has 0 aliphatic rings. The Bertz CT molecular complexity index is 110. The lowest BCUT2D eigenvalue weighted by molar-refractivity contribution is 0.320. The van der Waals surface area contributed by atoms with Crippen LogP contribution in [0.2, 0.25) is 0 Å². The van der Waals surface area contributed by atoms with Gasteiger partial charge in [0.05, 0.1) is 11.4 Å². The van der Waals surface area contributed by atoms with Gasteiger partial charge >= 0.3 is 0 Å². The maximum absolute atomic E-state index is 8.14. The van der Waals surface area contributed by atoms with Gasteiger partial charge in [-0.1, -0.05) is 5.16 Å². The van der Waals surface area contributed by atoms with E-state index in [1.54, 1.807) is 20.9 Å². The van der Waals surface area contributed by atoms with E-state index in [-0.39, 0.29) is 0 Å². The molecule has 0 unspecified atom stereocenters. The monoisotopic (exact) mass is 114 g/mol. The quantitative estimate of drug-likeness (QED) is 0.307. The lowest BCUT2D eigenvalue weighted by Gasteiger charge is -1.90. The van der Waals surface area contributed by atoms with Crippen molar-refractivity contribution >= 4 is 11.4 Å². The molecule has 8 heavy (non-hydrogen) atoms. The molecule has 0 spiro atoms. The summed E-state index contributed by atoms with van der Waals surface area (Å²) < 4.78 is 0. The molecule has 3 heteroatoms. The SMILES string of the molecule is CN=C(C)C(C)=NO. The second kappa shape index (κ2) is 3.18. The lowest BCUT2D eigenvalue weighted by atomic mass is 10.3. The van der Waals surface area contributed by atoms with Gasteiger partial charge in [0, 0.05) is 7.05 Å². The Kier molecular flexibility index (Phi) is 2.84. The Hall–Kier alpha value is -0.860. The van der Waals surface area contributed by atoms with Crippen molar-refractivity contribution in [2.45, 2.75) is 13.8 Å². The van der Waals surface area contributed by atoms with Gasteiger partial charge in [-0.15, -0.1) is 0 Å². The fourth-order valence-corrected chi connectivity index (χ4v) is 0.234. The standard InChI is InChI=1S/C5H10N2O/c1-4(6-3)5(2)7-8/h8H,1-3H3. The van der Waals surface area contributed by atoms with Gasteiger partial charge in [-0.25, -0.2) is 0 Å². The topological polar surface area (TPSA) is 45.0 Å². The highest BCUT2D eigenvalue weighted by molar-refractivity contribution is 6.40. The van der Waals surface area contributed by atoms with Crippen LogP contribution < -0.4 is 0 Å². The van der Waals surface area contributed by atoms with Gasteiger partial charge < -0.3 is 5.21 Å². The largest absolute Gasteiger partial charge is 0.411 e. The molecule has 0 aliphatic heterocycles. The van der Waals surface area contributed by atoms with Crippen LogP contribution >= 0.6 is 0 Å². The molecule has 0 fully saturated rings. The summed E-state index contributed by atoms with van der Waals surface area (Å²) in [5, 5.41) is 11.1. The number of nitrogens with zero attached hydrogens (tertiary/aromatic N) is 2. The van der Waals surface area contributed by atoms with Crippen molar-refractivity contribution in [2.75, 3.05) is 7.05 Å². The van der Waals surface area contributed by atoms with Crippen molar-refractivity contribution < 1.29 is 5.21 Å². The zero-order valence-corrected chi connectivity index (χ0v) is 5.34. The van der Waals surface area contributed by atoms with Gasteiger partial charge in [0.25, 0.3) is 0 Å². The van der Waals surface area contributed by atoms with E-state index in [0.717, 1.165) is 5.71 Å². The smallest absolute Gasteiger partial charge is 0.0971 e. The summed E-state index contributed by atoms with van der Waals surface area (Å²) in [7, 11) is 1.66. The molecule has 0 heterocycles. The van der Waals surface area contributed by atoms with E-state index in [0.29, 0.717) is 5.71 Å². The number of hydrogen-bond acceptors (Lipinski definition) is 3. The van der Waals surface area contributed by atoms with Crippen LogP contribution in [0.5, 0.6) is 0 Å². The van der Waals surface area contributed by atoms with Gasteiger partial charge in [0.1, 0.15) is 0 Å². The summed E-state index contributed by atoms with van der Waals surface area (Å²) in [6.07, 6.45) is 0. The third-order valence-electron chi connectivity index (χ3n) is 1.01. The maximum Gasteiger partial charge on any atom is 0.0971 e. The Balaban J connectivity index is 4.04. The summed E-state index contributed by atoms with van der Waals surface area (Å²) >= 11 is 0. The van der Waals surface area contributed by atoms with Crippen molar-refractivity contribution in [3.8, 4) is 0 Å². The second-order valence-electron chi connectivity index (χ2n) is 1.49. The summed E-state index contributed by atoms with van der Waals surface area (Å²) in [6, 6.07) is 0. The van der Waals surface area contributed by atoms with Crippen LogP contribution in [-0.4, -0.2) is 23.7 Å². The van der Waals surface area contributed by atoms with E-state index < -0.39 is 0 Å². The second-order valence-corrected chi connectivity index (χ2v) is 1.49. The summed E-state index contributed by atoms with van der Waals surface area (Å²) in [6.45, 7) is 3.48. The average Bonchev–Trinajstić information content (AvgIpc) is 1.84. The van der Waals surface area contributed by atoms with Crippen molar-refractivity contribution in [2.24, 2.45) is 10.1 Å². The zero-order chi connectivity index (χ0) is 6.57. The van der Waals surface area contributed by atoms with E-state index in [1.165, 1.54) is 0 Å². The van der Waals surface area contributed by atoms with E-state index in [1.807, 2.05) is 0 Å². The minimum Gasteiger partial charge on any atom is -0.411 e. The lowest BCUT2D eigenvalue weighted by Crippen LogP contribution is -2.04. The molecule has 46 valence electrons. The highest BCUT2D eigenvalue weighted by Crippen LogP contribution is 1.79. The Morgan fingerprint density at radius 2 is 1.75 bits per heavy atom. The van der Waals surface area contributed by atoms with E-state index in [4.69, 9.17) is 5.21 Å². The van der Waals surface area contributed by atoms with Crippen molar-refractivity contribution in [3.63, 3.8) is 0 Å². The molecule has 0 radical (unpaired) electrons. The van der Waals surface area contributed by atoms with Crippen molar-refractivity contribution in [1.29, 1.82) is 0 Å². The van der Waals surface area contributed by atoms with Crippen molar-refractivity contribution in [1.82, 2.24) is 0 Å². The molecule has 3 nitrogen and oxygen atoms in total. The normalized spacial score (nSPS) is 14.4. The van der Waals surface area contributed by atoms with Gasteiger partial charge in [-0.2, -0.15) is 0 Å². The summed E-state index contributed by atoms with van der Waals surface area (Å²) in [5.41, 5.74) is 1.32. The third kappa shape index (κ3) is 1.73. The molecule has 0 saturated carbocycles. The van der Waals surface area contributed by atoms with E-state index in [2.05, 4.69) is 10.1 Å². The molecular weight excluding hydrogens is 104 g/mol. The molecule has 0 atom stereocenters. The van der Waals surface area contributed by atoms with Gasteiger partial charge in [0.2, 0.25) is 0 Å². The maximum atomic E-state index is 8.14. The fraction of sp³-hybridized carbons (Fsp3) is 0.600.